The fourth-order valence-electron chi connectivity index (χ4n) is 2.65. The van der Waals surface area contributed by atoms with Gasteiger partial charge in [0.2, 0.25) is 0 Å². The molecule has 0 fully saturated rings. The lowest BCUT2D eigenvalue weighted by atomic mass is 9.83. The van der Waals surface area contributed by atoms with Gasteiger partial charge in [-0.3, -0.25) is 0 Å². The van der Waals surface area contributed by atoms with Crippen LogP contribution in [0.3, 0.4) is 0 Å². The van der Waals surface area contributed by atoms with Crippen molar-refractivity contribution in [1.82, 2.24) is 9.97 Å². The standard InChI is InChI=1S/C15H14BrClN2/c1-9-13(16)14(17)19-15(18-9)12-7-6-10-4-2-3-5-11(10)8-12/h2-5,12H,6-8H2,1H3. The molecule has 0 amide bonds. The molecule has 1 aromatic carbocycles. The van der Waals surface area contributed by atoms with Gasteiger partial charge in [-0.2, -0.15) is 0 Å². The molecule has 1 unspecified atom stereocenters. The Morgan fingerprint density at radius 1 is 1.21 bits per heavy atom. The van der Waals surface area contributed by atoms with E-state index in [1.807, 2.05) is 6.92 Å². The summed E-state index contributed by atoms with van der Waals surface area (Å²) in [6.07, 6.45) is 3.19. The van der Waals surface area contributed by atoms with Gasteiger partial charge in [0.1, 0.15) is 11.0 Å². The molecule has 1 aromatic heterocycles. The van der Waals surface area contributed by atoms with Crippen LogP contribution in [0.4, 0.5) is 0 Å². The van der Waals surface area contributed by atoms with Gasteiger partial charge in [0.15, 0.2) is 0 Å². The quantitative estimate of drug-likeness (QED) is 0.717. The van der Waals surface area contributed by atoms with Gasteiger partial charge in [-0.15, -0.1) is 0 Å². The van der Waals surface area contributed by atoms with E-state index < -0.39 is 0 Å². The monoisotopic (exact) mass is 336 g/mol. The van der Waals surface area contributed by atoms with Gasteiger partial charge in [0, 0.05) is 5.92 Å². The third-order valence-corrected chi connectivity index (χ3v) is 5.16. The van der Waals surface area contributed by atoms with Crippen molar-refractivity contribution in [2.24, 2.45) is 0 Å². The van der Waals surface area contributed by atoms with Crippen molar-refractivity contribution >= 4 is 27.5 Å². The van der Waals surface area contributed by atoms with Gasteiger partial charge >= 0.3 is 0 Å². The first-order chi connectivity index (χ1) is 9.15. The summed E-state index contributed by atoms with van der Waals surface area (Å²) >= 11 is 9.55. The second kappa shape index (κ2) is 5.22. The summed E-state index contributed by atoms with van der Waals surface area (Å²) in [6, 6.07) is 8.62. The molecule has 0 radical (unpaired) electrons. The molecule has 0 bridgehead atoms. The summed E-state index contributed by atoms with van der Waals surface area (Å²) in [7, 11) is 0. The lowest BCUT2D eigenvalue weighted by Gasteiger charge is -2.23. The topological polar surface area (TPSA) is 25.8 Å². The van der Waals surface area contributed by atoms with E-state index in [-0.39, 0.29) is 0 Å². The lowest BCUT2D eigenvalue weighted by Crippen LogP contribution is -2.15. The van der Waals surface area contributed by atoms with Gasteiger partial charge < -0.3 is 0 Å². The molecule has 19 heavy (non-hydrogen) atoms. The second-order valence-electron chi connectivity index (χ2n) is 4.98. The van der Waals surface area contributed by atoms with Crippen molar-refractivity contribution in [3.8, 4) is 0 Å². The maximum Gasteiger partial charge on any atom is 0.147 e. The fourth-order valence-corrected chi connectivity index (χ4v) is 3.05. The molecule has 0 saturated carbocycles. The highest BCUT2D eigenvalue weighted by Gasteiger charge is 2.23. The Hall–Kier alpha value is -0.930. The van der Waals surface area contributed by atoms with E-state index in [0.717, 1.165) is 35.3 Å². The van der Waals surface area contributed by atoms with Crippen LogP contribution in [0.2, 0.25) is 5.15 Å². The van der Waals surface area contributed by atoms with Crippen LogP contribution in [0.25, 0.3) is 0 Å². The zero-order chi connectivity index (χ0) is 13.4. The third kappa shape index (κ3) is 2.54. The number of nitrogens with zero attached hydrogens (tertiary/aromatic N) is 2. The molecule has 0 aliphatic heterocycles. The van der Waals surface area contributed by atoms with Gasteiger partial charge in [-0.25, -0.2) is 9.97 Å². The number of fused-ring (bicyclic) bond motifs is 1. The average molecular weight is 338 g/mol. The van der Waals surface area contributed by atoms with Crippen molar-refractivity contribution in [2.45, 2.75) is 32.1 Å². The van der Waals surface area contributed by atoms with E-state index in [2.05, 4.69) is 50.2 Å². The summed E-state index contributed by atoms with van der Waals surface area (Å²) < 4.78 is 0.800. The van der Waals surface area contributed by atoms with Crippen LogP contribution in [0.5, 0.6) is 0 Å². The van der Waals surface area contributed by atoms with Crippen LogP contribution in [-0.2, 0) is 12.8 Å². The Bertz CT molecular complexity index is 604. The average Bonchev–Trinajstić information content (AvgIpc) is 2.43. The van der Waals surface area contributed by atoms with Gasteiger partial charge in [0.05, 0.1) is 10.2 Å². The van der Waals surface area contributed by atoms with Crippen molar-refractivity contribution in [2.75, 3.05) is 0 Å². The molecule has 98 valence electrons. The molecule has 0 saturated heterocycles. The van der Waals surface area contributed by atoms with E-state index >= 15 is 0 Å². The number of hydrogen-bond acceptors (Lipinski definition) is 2. The number of rotatable bonds is 1. The molecule has 1 aliphatic rings. The Morgan fingerprint density at radius 2 is 1.95 bits per heavy atom. The zero-order valence-corrected chi connectivity index (χ0v) is 13.0. The molecule has 1 aliphatic carbocycles. The predicted octanol–water partition coefficient (Wildman–Crippen LogP) is 4.47. The highest BCUT2D eigenvalue weighted by molar-refractivity contribution is 9.10. The van der Waals surface area contributed by atoms with Crippen LogP contribution in [0.1, 0.15) is 35.0 Å². The molecule has 4 heteroatoms. The summed E-state index contributed by atoms with van der Waals surface area (Å²) in [6.45, 7) is 1.96. The Labute approximate surface area is 126 Å². The van der Waals surface area contributed by atoms with Crippen LogP contribution < -0.4 is 0 Å². The maximum atomic E-state index is 6.14. The summed E-state index contributed by atoms with van der Waals surface area (Å²) in [5.74, 6) is 1.25. The Morgan fingerprint density at radius 3 is 2.68 bits per heavy atom. The molecule has 2 aromatic rings. The molecule has 0 spiro atoms. The van der Waals surface area contributed by atoms with E-state index in [9.17, 15) is 0 Å². The SMILES string of the molecule is Cc1nc(C2CCc3ccccc3C2)nc(Cl)c1Br. The first-order valence-electron chi connectivity index (χ1n) is 6.41. The zero-order valence-electron chi connectivity index (χ0n) is 10.7. The summed E-state index contributed by atoms with van der Waals surface area (Å²) in [4.78, 5) is 9.03. The molecule has 1 atom stereocenters. The minimum absolute atomic E-state index is 0.374. The van der Waals surface area contributed by atoms with Crippen LogP contribution >= 0.6 is 27.5 Å². The minimum Gasteiger partial charge on any atom is -0.237 e. The number of hydrogen-bond donors (Lipinski definition) is 0. The smallest absolute Gasteiger partial charge is 0.147 e. The summed E-state index contributed by atoms with van der Waals surface area (Å²) in [5.41, 5.74) is 3.78. The van der Waals surface area contributed by atoms with Crippen molar-refractivity contribution < 1.29 is 0 Å². The first kappa shape index (κ1) is 13.1. The number of aromatic nitrogens is 2. The Kier molecular flexibility index (Phi) is 3.59. The lowest BCUT2D eigenvalue weighted by molar-refractivity contribution is 0.553. The molecular formula is C15H14BrClN2. The van der Waals surface area contributed by atoms with E-state index in [1.165, 1.54) is 11.1 Å². The summed E-state index contributed by atoms with van der Waals surface area (Å²) in [5, 5.41) is 0.515. The van der Waals surface area contributed by atoms with E-state index in [0.29, 0.717) is 11.1 Å². The minimum atomic E-state index is 0.374. The normalized spacial score (nSPS) is 18.2. The number of benzene rings is 1. The molecule has 3 rings (SSSR count). The molecule has 0 N–H and O–H groups in total. The maximum absolute atomic E-state index is 6.14. The molecular weight excluding hydrogens is 324 g/mol. The predicted molar refractivity (Wildman–Crippen MR) is 80.7 cm³/mol. The fraction of sp³-hybridized carbons (Fsp3) is 0.333. The van der Waals surface area contributed by atoms with E-state index in [4.69, 9.17) is 11.6 Å². The van der Waals surface area contributed by atoms with Crippen molar-refractivity contribution in [3.63, 3.8) is 0 Å². The third-order valence-electron chi connectivity index (χ3n) is 3.71. The van der Waals surface area contributed by atoms with Gasteiger partial charge in [-0.1, -0.05) is 35.9 Å². The molecule has 2 nitrogen and oxygen atoms in total. The first-order valence-corrected chi connectivity index (χ1v) is 7.58. The Balaban J connectivity index is 1.93. The van der Waals surface area contributed by atoms with Gasteiger partial charge in [-0.05, 0) is 53.2 Å². The number of aryl methyl sites for hydroxylation is 2. The van der Waals surface area contributed by atoms with Crippen LogP contribution in [0.15, 0.2) is 28.7 Å². The highest BCUT2D eigenvalue weighted by Crippen LogP contribution is 2.33. The van der Waals surface area contributed by atoms with Crippen LogP contribution in [-0.4, -0.2) is 9.97 Å². The van der Waals surface area contributed by atoms with Gasteiger partial charge in [0.25, 0.3) is 0 Å². The largest absolute Gasteiger partial charge is 0.237 e. The molecule has 1 heterocycles. The highest BCUT2D eigenvalue weighted by atomic mass is 79.9. The van der Waals surface area contributed by atoms with Crippen molar-refractivity contribution in [1.29, 1.82) is 0 Å². The van der Waals surface area contributed by atoms with Crippen LogP contribution in [0, 0.1) is 6.92 Å². The van der Waals surface area contributed by atoms with E-state index in [1.54, 1.807) is 0 Å². The van der Waals surface area contributed by atoms with Crippen molar-refractivity contribution in [3.05, 3.63) is 56.5 Å². The second-order valence-corrected chi connectivity index (χ2v) is 6.13. The number of halogens is 2.